The van der Waals surface area contributed by atoms with E-state index < -0.39 is 21.4 Å². The third-order valence-electron chi connectivity index (χ3n) is 4.13. The molecule has 0 aliphatic carbocycles. The zero-order valence-electron chi connectivity index (χ0n) is 16.1. The number of non-ortho nitro benzene ring substituents is 1. The summed E-state index contributed by atoms with van der Waals surface area (Å²) in [6.45, 7) is 1.99. The lowest BCUT2D eigenvalue weighted by Gasteiger charge is -2.10. The van der Waals surface area contributed by atoms with E-state index in [9.17, 15) is 25.0 Å². The molecule has 0 saturated carbocycles. The molecule has 0 bridgehead atoms. The highest BCUT2D eigenvalue weighted by molar-refractivity contribution is 5.95. The minimum absolute atomic E-state index is 0.0223. The first-order valence-corrected chi connectivity index (χ1v) is 8.96. The van der Waals surface area contributed by atoms with Crippen LogP contribution in [0.1, 0.15) is 22.8 Å². The van der Waals surface area contributed by atoms with Crippen LogP contribution >= 0.6 is 0 Å². The number of nitro benzene ring substituents is 1. The van der Waals surface area contributed by atoms with Gasteiger partial charge in [-0.25, -0.2) is 4.98 Å². The van der Waals surface area contributed by atoms with Crippen LogP contribution in [0.25, 0.3) is 0 Å². The van der Waals surface area contributed by atoms with Crippen molar-refractivity contribution in [3.8, 4) is 11.6 Å². The number of hydrogen-bond acceptors (Lipinski definition) is 9. The first-order valence-electron chi connectivity index (χ1n) is 8.96. The van der Waals surface area contributed by atoms with E-state index in [0.29, 0.717) is 5.75 Å². The molecule has 12 nitrogen and oxygen atoms in total. The van der Waals surface area contributed by atoms with E-state index in [2.05, 4.69) is 20.8 Å². The highest BCUT2D eigenvalue weighted by Crippen LogP contribution is 2.33. The van der Waals surface area contributed by atoms with Gasteiger partial charge < -0.3 is 4.74 Å². The van der Waals surface area contributed by atoms with Gasteiger partial charge >= 0.3 is 11.6 Å². The van der Waals surface area contributed by atoms with Crippen molar-refractivity contribution < 1.29 is 19.4 Å². The normalized spacial score (nSPS) is 10.2. The minimum Gasteiger partial charge on any atom is -0.434 e. The third kappa shape index (κ3) is 5.06. The maximum absolute atomic E-state index is 12.3. The Morgan fingerprint density at radius 2 is 1.81 bits per heavy atom. The molecule has 2 aromatic carbocycles. The van der Waals surface area contributed by atoms with Crippen LogP contribution in [0.2, 0.25) is 0 Å². The minimum atomic E-state index is -0.755. The van der Waals surface area contributed by atoms with Crippen LogP contribution in [-0.4, -0.2) is 25.7 Å². The highest BCUT2D eigenvalue weighted by Gasteiger charge is 2.25. The molecule has 3 aromatic rings. The number of anilines is 1. The van der Waals surface area contributed by atoms with Crippen molar-refractivity contribution in [1.29, 1.82) is 0 Å². The van der Waals surface area contributed by atoms with Gasteiger partial charge in [0, 0.05) is 17.7 Å². The van der Waals surface area contributed by atoms with Gasteiger partial charge in [0.2, 0.25) is 5.82 Å². The van der Waals surface area contributed by atoms with E-state index >= 15 is 0 Å². The van der Waals surface area contributed by atoms with E-state index in [1.165, 1.54) is 18.2 Å². The average molecular weight is 424 g/mol. The smallest absolute Gasteiger partial charge is 0.374 e. The quantitative estimate of drug-likeness (QED) is 0.407. The van der Waals surface area contributed by atoms with Gasteiger partial charge in [0.1, 0.15) is 12.1 Å². The van der Waals surface area contributed by atoms with Gasteiger partial charge in [-0.05, 0) is 30.2 Å². The van der Waals surface area contributed by atoms with Crippen LogP contribution < -0.4 is 15.6 Å². The van der Waals surface area contributed by atoms with Crippen LogP contribution in [0.15, 0.2) is 54.9 Å². The van der Waals surface area contributed by atoms with Crippen LogP contribution in [0, 0.1) is 20.2 Å². The van der Waals surface area contributed by atoms with Crippen molar-refractivity contribution in [2.45, 2.75) is 13.3 Å². The van der Waals surface area contributed by atoms with E-state index in [4.69, 9.17) is 4.74 Å². The Labute approximate surface area is 175 Å². The summed E-state index contributed by atoms with van der Waals surface area (Å²) in [6, 6.07) is 11.9. The Balaban J connectivity index is 1.80. The molecule has 1 amide bonds. The zero-order valence-corrected chi connectivity index (χ0v) is 16.1. The number of nitrogens with one attached hydrogen (secondary N) is 2. The van der Waals surface area contributed by atoms with Crippen molar-refractivity contribution in [3.63, 3.8) is 0 Å². The van der Waals surface area contributed by atoms with Crippen LogP contribution in [0.5, 0.6) is 11.6 Å². The second-order valence-corrected chi connectivity index (χ2v) is 6.12. The molecular weight excluding hydrogens is 408 g/mol. The fourth-order valence-corrected chi connectivity index (χ4v) is 2.55. The summed E-state index contributed by atoms with van der Waals surface area (Å²) in [5.74, 6) is -1.06. The van der Waals surface area contributed by atoms with Crippen LogP contribution in [0.4, 0.5) is 17.2 Å². The van der Waals surface area contributed by atoms with Gasteiger partial charge in [-0.1, -0.05) is 25.1 Å². The summed E-state index contributed by atoms with van der Waals surface area (Å²) < 4.78 is 5.52. The zero-order chi connectivity index (χ0) is 22.4. The monoisotopic (exact) mass is 424 g/mol. The maximum Gasteiger partial charge on any atom is 0.374 e. The Bertz CT molecular complexity index is 1130. The van der Waals surface area contributed by atoms with Crippen LogP contribution in [-0.2, 0) is 6.42 Å². The second-order valence-electron chi connectivity index (χ2n) is 6.12. The molecule has 0 atom stereocenters. The lowest BCUT2D eigenvalue weighted by atomic mass is 10.2. The SMILES string of the molecule is CCc1ccc(Oc2ncnc(NNC(=O)c3cccc([N+](=O)[O-])c3)c2[N+](=O)[O-])cc1. The molecule has 158 valence electrons. The molecule has 2 N–H and O–H groups in total. The van der Waals surface area contributed by atoms with E-state index in [1.807, 2.05) is 19.1 Å². The number of hydrogen-bond donors (Lipinski definition) is 2. The van der Waals surface area contributed by atoms with Crippen molar-refractivity contribution in [1.82, 2.24) is 15.4 Å². The Kier molecular flexibility index (Phi) is 6.30. The molecule has 0 radical (unpaired) electrons. The van der Waals surface area contributed by atoms with Gasteiger partial charge in [-0.15, -0.1) is 0 Å². The standard InChI is InChI=1S/C19H16N6O6/c1-2-12-6-8-15(9-7-12)31-19-16(25(29)30)17(20-11-21-19)22-23-18(26)13-4-3-5-14(10-13)24(27)28/h3-11H,2H2,1H3,(H,23,26)(H,20,21,22). The molecule has 0 unspecified atom stereocenters. The lowest BCUT2D eigenvalue weighted by Crippen LogP contribution is -2.30. The fraction of sp³-hybridized carbons (Fsp3) is 0.105. The number of hydrazine groups is 1. The molecule has 0 aliphatic heterocycles. The summed E-state index contributed by atoms with van der Waals surface area (Å²) in [6.07, 6.45) is 1.86. The first kappa shape index (κ1) is 21.1. The van der Waals surface area contributed by atoms with Gasteiger partial charge in [-0.2, -0.15) is 4.98 Å². The number of nitro groups is 2. The number of nitrogens with zero attached hydrogens (tertiary/aromatic N) is 4. The molecular formula is C19H16N6O6. The number of amides is 1. The second kappa shape index (κ2) is 9.26. The third-order valence-corrected chi connectivity index (χ3v) is 4.13. The number of aryl methyl sites for hydroxylation is 1. The molecule has 3 rings (SSSR count). The fourth-order valence-electron chi connectivity index (χ4n) is 2.55. The Morgan fingerprint density at radius 1 is 1.06 bits per heavy atom. The summed E-state index contributed by atoms with van der Waals surface area (Å²) in [5.41, 5.74) is 4.74. The van der Waals surface area contributed by atoms with Crippen molar-refractivity contribution >= 4 is 23.1 Å². The summed E-state index contributed by atoms with van der Waals surface area (Å²) >= 11 is 0. The molecule has 1 aromatic heterocycles. The molecule has 12 heteroatoms. The van der Waals surface area contributed by atoms with Crippen molar-refractivity contribution in [2.75, 3.05) is 5.43 Å². The van der Waals surface area contributed by atoms with Crippen LogP contribution in [0.3, 0.4) is 0 Å². The summed E-state index contributed by atoms with van der Waals surface area (Å²) in [4.78, 5) is 40.9. The number of benzene rings is 2. The van der Waals surface area contributed by atoms with E-state index in [1.54, 1.807) is 12.1 Å². The van der Waals surface area contributed by atoms with Crippen molar-refractivity contribution in [3.05, 3.63) is 86.2 Å². The topological polar surface area (TPSA) is 162 Å². The van der Waals surface area contributed by atoms with Crippen molar-refractivity contribution in [2.24, 2.45) is 0 Å². The number of aromatic nitrogens is 2. The number of carbonyl (C=O) groups excluding carboxylic acids is 1. The molecule has 0 fully saturated rings. The van der Waals surface area contributed by atoms with Gasteiger partial charge in [0.15, 0.2) is 0 Å². The molecule has 31 heavy (non-hydrogen) atoms. The average Bonchev–Trinajstić information content (AvgIpc) is 2.77. The highest BCUT2D eigenvalue weighted by atomic mass is 16.6. The number of rotatable bonds is 8. The molecule has 1 heterocycles. The number of carbonyl (C=O) groups is 1. The molecule has 0 saturated heterocycles. The largest absolute Gasteiger partial charge is 0.434 e. The number of ether oxygens (including phenoxy) is 1. The maximum atomic E-state index is 12.3. The Hall–Kier alpha value is -4.61. The van der Waals surface area contributed by atoms with Gasteiger partial charge in [0.25, 0.3) is 11.6 Å². The van der Waals surface area contributed by atoms with E-state index in [-0.39, 0.29) is 22.9 Å². The van der Waals surface area contributed by atoms with E-state index in [0.717, 1.165) is 24.4 Å². The summed E-state index contributed by atoms with van der Waals surface area (Å²) in [7, 11) is 0. The lowest BCUT2D eigenvalue weighted by molar-refractivity contribution is -0.385. The first-order chi connectivity index (χ1) is 14.9. The summed E-state index contributed by atoms with van der Waals surface area (Å²) in [5, 5.41) is 22.4. The molecule has 0 aliphatic rings. The predicted octanol–water partition coefficient (Wildman–Crippen LogP) is 3.40. The molecule has 0 spiro atoms. The Morgan fingerprint density at radius 3 is 2.45 bits per heavy atom. The van der Waals surface area contributed by atoms with Gasteiger partial charge in [-0.3, -0.25) is 35.9 Å². The van der Waals surface area contributed by atoms with Gasteiger partial charge in [0.05, 0.1) is 9.85 Å². The predicted molar refractivity (Wildman–Crippen MR) is 109 cm³/mol.